The van der Waals surface area contributed by atoms with Crippen LogP contribution in [0.25, 0.3) is 0 Å². The standard InChI is InChI=1S/C24H38N4O6/c1-28(2)24(32)21(10-6-14-29)26-16-19-18(17-34-4)8-5-9-20(19)27-23(31)12-11-22(30)25-13-7-15-33-3/h5,8-9,14,21,26H,6-7,10-13,15-17H2,1-4H3,(H,25,30)(H,27,31). The van der Waals surface area contributed by atoms with E-state index in [9.17, 15) is 19.2 Å². The van der Waals surface area contributed by atoms with Gasteiger partial charge in [-0.3, -0.25) is 14.4 Å². The molecular weight excluding hydrogens is 440 g/mol. The predicted molar refractivity (Wildman–Crippen MR) is 129 cm³/mol. The maximum absolute atomic E-state index is 12.5. The van der Waals surface area contributed by atoms with Gasteiger partial charge < -0.3 is 35.1 Å². The first-order valence-corrected chi connectivity index (χ1v) is 11.4. The molecule has 190 valence electrons. The van der Waals surface area contributed by atoms with Gasteiger partial charge in [0.05, 0.1) is 12.6 Å². The third-order valence-electron chi connectivity index (χ3n) is 5.11. The van der Waals surface area contributed by atoms with E-state index in [0.717, 1.165) is 17.4 Å². The number of likely N-dealkylation sites (N-methyl/N-ethyl adjacent to an activating group) is 1. The molecule has 0 aliphatic rings. The molecule has 1 aromatic carbocycles. The Morgan fingerprint density at radius 1 is 1.09 bits per heavy atom. The zero-order valence-corrected chi connectivity index (χ0v) is 20.6. The number of ether oxygens (including phenoxy) is 2. The number of carbonyl (C=O) groups is 4. The van der Waals surface area contributed by atoms with Crippen LogP contribution in [0.1, 0.15) is 43.2 Å². The number of hydrogen-bond acceptors (Lipinski definition) is 7. The molecule has 0 spiro atoms. The number of nitrogens with one attached hydrogen (secondary N) is 3. The molecule has 0 aliphatic carbocycles. The van der Waals surface area contributed by atoms with Gasteiger partial charge in [0.15, 0.2) is 0 Å². The molecule has 3 amide bonds. The maximum atomic E-state index is 12.5. The Labute approximate surface area is 201 Å². The summed E-state index contributed by atoms with van der Waals surface area (Å²) in [7, 11) is 6.51. The Kier molecular flexibility index (Phi) is 14.4. The van der Waals surface area contributed by atoms with Gasteiger partial charge in [-0.25, -0.2) is 0 Å². The van der Waals surface area contributed by atoms with Crippen molar-refractivity contribution in [3.63, 3.8) is 0 Å². The zero-order chi connectivity index (χ0) is 25.3. The van der Waals surface area contributed by atoms with E-state index >= 15 is 0 Å². The molecule has 3 N–H and O–H groups in total. The van der Waals surface area contributed by atoms with E-state index in [2.05, 4.69) is 16.0 Å². The number of anilines is 1. The van der Waals surface area contributed by atoms with Crippen LogP contribution in [0.5, 0.6) is 0 Å². The van der Waals surface area contributed by atoms with Crippen molar-refractivity contribution in [1.82, 2.24) is 15.5 Å². The lowest BCUT2D eigenvalue weighted by molar-refractivity contribution is -0.131. The lowest BCUT2D eigenvalue weighted by atomic mass is 10.0. The molecule has 1 rings (SSSR count). The van der Waals surface area contributed by atoms with Gasteiger partial charge in [0, 0.05) is 73.0 Å². The Morgan fingerprint density at radius 3 is 2.47 bits per heavy atom. The molecule has 0 saturated carbocycles. The summed E-state index contributed by atoms with van der Waals surface area (Å²) in [5.41, 5.74) is 2.22. The molecule has 0 bridgehead atoms. The van der Waals surface area contributed by atoms with Crippen LogP contribution in [-0.2, 0) is 41.8 Å². The highest BCUT2D eigenvalue weighted by atomic mass is 16.5. The van der Waals surface area contributed by atoms with Gasteiger partial charge in [0.25, 0.3) is 0 Å². The Bertz CT molecular complexity index is 800. The molecule has 0 aromatic heterocycles. The monoisotopic (exact) mass is 478 g/mol. The first-order chi connectivity index (χ1) is 16.3. The highest BCUT2D eigenvalue weighted by Gasteiger charge is 2.21. The fourth-order valence-corrected chi connectivity index (χ4v) is 3.31. The van der Waals surface area contributed by atoms with Crippen LogP contribution < -0.4 is 16.0 Å². The minimum absolute atomic E-state index is 0.0402. The van der Waals surface area contributed by atoms with E-state index in [0.29, 0.717) is 38.3 Å². The molecule has 0 radical (unpaired) electrons. The highest BCUT2D eigenvalue weighted by Crippen LogP contribution is 2.22. The van der Waals surface area contributed by atoms with E-state index < -0.39 is 6.04 Å². The lowest BCUT2D eigenvalue weighted by Crippen LogP contribution is -2.43. The van der Waals surface area contributed by atoms with Crippen LogP contribution in [0.3, 0.4) is 0 Å². The minimum Gasteiger partial charge on any atom is -0.385 e. The van der Waals surface area contributed by atoms with Crippen molar-refractivity contribution in [1.29, 1.82) is 0 Å². The van der Waals surface area contributed by atoms with E-state index in [1.165, 1.54) is 4.90 Å². The normalized spacial score (nSPS) is 11.5. The third-order valence-corrected chi connectivity index (χ3v) is 5.11. The summed E-state index contributed by atoms with van der Waals surface area (Å²) in [6.07, 6.45) is 2.24. The average molecular weight is 479 g/mol. The summed E-state index contributed by atoms with van der Waals surface area (Å²) in [4.78, 5) is 49.3. The lowest BCUT2D eigenvalue weighted by Gasteiger charge is -2.23. The molecule has 34 heavy (non-hydrogen) atoms. The van der Waals surface area contributed by atoms with Crippen LogP contribution in [-0.4, -0.2) is 76.4 Å². The van der Waals surface area contributed by atoms with Crippen molar-refractivity contribution >= 4 is 29.7 Å². The second-order valence-corrected chi connectivity index (χ2v) is 8.03. The zero-order valence-electron chi connectivity index (χ0n) is 20.6. The SMILES string of the molecule is COCCCNC(=O)CCC(=O)Nc1cccc(COC)c1CNC(CCC=O)C(=O)N(C)C. The summed E-state index contributed by atoms with van der Waals surface area (Å²) >= 11 is 0. The van der Waals surface area contributed by atoms with Crippen molar-refractivity contribution in [2.75, 3.05) is 46.8 Å². The molecule has 0 heterocycles. The molecule has 1 atom stereocenters. The number of methoxy groups -OCH3 is 2. The van der Waals surface area contributed by atoms with E-state index in [1.54, 1.807) is 34.4 Å². The summed E-state index contributed by atoms with van der Waals surface area (Å²) < 4.78 is 10.2. The molecule has 10 heteroatoms. The van der Waals surface area contributed by atoms with E-state index in [-0.39, 0.29) is 43.5 Å². The minimum atomic E-state index is -0.541. The van der Waals surface area contributed by atoms with Crippen LogP contribution >= 0.6 is 0 Å². The van der Waals surface area contributed by atoms with Gasteiger partial charge in [0.1, 0.15) is 6.29 Å². The Hall–Kier alpha value is -2.82. The number of nitrogens with zero attached hydrogens (tertiary/aromatic N) is 1. The van der Waals surface area contributed by atoms with E-state index in [4.69, 9.17) is 9.47 Å². The topological polar surface area (TPSA) is 126 Å². The van der Waals surface area contributed by atoms with Crippen LogP contribution in [0.15, 0.2) is 18.2 Å². The van der Waals surface area contributed by atoms with Gasteiger partial charge in [-0.1, -0.05) is 12.1 Å². The molecule has 0 saturated heterocycles. The van der Waals surface area contributed by atoms with Crippen molar-refractivity contribution in [3.05, 3.63) is 29.3 Å². The fourth-order valence-electron chi connectivity index (χ4n) is 3.31. The number of aldehydes is 1. The number of rotatable bonds is 17. The molecule has 1 unspecified atom stereocenters. The molecule has 0 aliphatic heterocycles. The smallest absolute Gasteiger partial charge is 0.239 e. The van der Waals surface area contributed by atoms with Gasteiger partial charge in [-0.05, 0) is 30.0 Å². The van der Waals surface area contributed by atoms with Gasteiger partial charge in [-0.2, -0.15) is 0 Å². The number of amides is 3. The van der Waals surface area contributed by atoms with E-state index in [1.807, 2.05) is 12.1 Å². The highest BCUT2D eigenvalue weighted by molar-refractivity contribution is 5.94. The van der Waals surface area contributed by atoms with Crippen LogP contribution in [0, 0.1) is 0 Å². The summed E-state index contributed by atoms with van der Waals surface area (Å²) in [6, 6.07) is 4.93. The largest absolute Gasteiger partial charge is 0.385 e. The number of benzene rings is 1. The number of hydrogen-bond donors (Lipinski definition) is 3. The first kappa shape index (κ1) is 29.2. The first-order valence-electron chi connectivity index (χ1n) is 11.4. The second kappa shape index (κ2) is 16.7. The van der Waals surface area contributed by atoms with Gasteiger partial charge >= 0.3 is 0 Å². The average Bonchev–Trinajstić information content (AvgIpc) is 2.81. The molecular formula is C24H38N4O6. The quantitative estimate of drug-likeness (QED) is 0.227. The molecule has 0 fully saturated rings. The fraction of sp³-hybridized carbons (Fsp3) is 0.583. The Balaban J connectivity index is 2.85. The Morgan fingerprint density at radius 2 is 1.82 bits per heavy atom. The summed E-state index contributed by atoms with van der Waals surface area (Å²) in [5, 5.41) is 8.85. The van der Waals surface area contributed by atoms with Crippen molar-refractivity contribution in [2.24, 2.45) is 0 Å². The molecule has 1 aromatic rings. The van der Waals surface area contributed by atoms with Crippen molar-refractivity contribution < 1.29 is 28.7 Å². The van der Waals surface area contributed by atoms with Gasteiger partial charge in [-0.15, -0.1) is 0 Å². The third kappa shape index (κ3) is 10.9. The van der Waals surface area contributed by atoms with Crippen LogP contribution in [0.2, 0.25) is 0 Å². The summed E-state index contributed by atoms with van der Waals surface area (Å²) in [6.45, 7) is 1.68. The van der Waals surface area contributed by atoms with Crippen molar-refractivity contribution in [2.45, 2.75) is 51.3 Å². The molecule has 10 nitrogen and oxygen atoms in total. The maximum Gasteiger partial charge on any atom is 0.239 e. The van der Waals surface area contributed by atoms with Crippen molar-refractivity contribution in [3.8, 4) is 0 Å². The second-order valence-electron chi connectivity index (χ2n) is 8.03. The van der Waals surface area contributed by atoms with Crippen LogP contribution in [0.4, 0.5) is 5.69 Å². The van der Waals surface area contributed by atoms with Gasteiger partial charge in [0.2, 0.25) is 17.7 Å². The number of carbonyl (C=O) groups excluding carboxylic acids is 4. The summed E-state index contributed by atoms with van der Waals surface area (Å²) in [5.74, 6) is -0.612. The predicted octanol–water partition coefficient (Wildman–Crippen LogP) is 1.23.